The molecule has 2 aromatic rings. The quantitative estimate of drug-likeness (QED) is 0.770. The van der Waals surface area contributed by atoms with Gasteiger partial charge in [0.25, 0.3) is 0 Å². The van der Waals surface area contributed by atoms with Gasteiger partial charge in [0.2, 0.25) is 0 Å². The highest BCUT2D eigenvalue weighted by atomic mass is 19.1. The van der Waals surface area contributed by atoms with Gasteiger partial charge in [-0.15, -0.1) is 0 Å². The van der Waals surface area contributed by atoms with Crippen molar-refractivity contribution in [3.63, 3.8) is 0 Å². The number of amides is 2. The Bertz CT molecular complexity index is 940. The van der Waals surface area contributed by atoms with E-state index < -0.39 is 29.3 Å². The molecule has 3 rings (SSSR count). The van der Waals surface area contributed by atoms with Crippen LogP contribution in [0.15, 0.2) is 47.6 Å². The van der Waals surface area contributed by atoms with Gasteiger partial charge in [0.15, 0.2) is 6.10 Å². The maximum atomic E-state index is 14.2. The average Bonchev–Trinajstić information content (AvgIpc) is 3.11. The third kappa shape index (κ3) is 5.75. The van der Waals surface area contributed by atoms with Gasteiger partial charge in [-0.05, 0) is 44.5 Å². The molecule has 1 atom stereocenters. The van der Waals surface area contributed by atoms with Gasteiger partial charge in [-0.1, -0.05) is 23.4 Å². The lowest BCUT2D eigenvalue weighted by Gasteiger charge is -2.29. The van der Waals surface area contributed by atoms with E-state index in [0.717, 1.165) is 17.7 Å². The van der Waals surface area contributed by atoms with Crippen LogP contribution in [0.5, 0.6) is 0 Å². The summed E-state index contributed by atoms with van der Waals surface area (Å²) in [7, 11) is 0. The lowest BCUT2D eigenvalue weighted by Crippen LogP contribution is -2.50. The van der Waals surface area contributed by atoms with Gasteiger partial charge in [-0.2, -0.15) is 0 Å². The number of benzene rings is 2. The molecule has 2 amide bonds. The second-order valence-electron chi connectivity index (χ2n) is 8.27. The van der Waals surface area contributed by atoms with E-state index in [4.69, 9.17) is 4.84 Å². The third-order valence-corrected chi connectivity index (χ3v) is 4.48. The second kappa shape index (κ2) is 8.77. The third-order valence-electron chi connectivity index (χ3n) is 4.48. The maximum absolute atomic E-state index is 14.2. The molecule has 30 heavy (non-hydrogen) atoms. The molecule has 1 heterocycles. The van der Waals surface area contributed by atoms with Crippen LogP contribution >= 0.6 is 0 Å². The summed E-state index contributed by atoms with van der Waals surface area (Å²) in [6, 6.07) is 8.76. The number of oxime groups is 1. The molecule has 0 aliphatic carbocycles. The summed E-state index contributed by atoms with van der Waals surface area (Å²) in [5, 5.41) is 6.90. The molecule has 0 saturated heterocycles. The van der Waals surface area contributed by atoms with Crippen LogP contribution in [0.2, 0.25) is 0 Å². The van der Waals surface area contributed by atoms with Crippen molar-refractivity contribution in [2.45, 2.75) is 45.4 Å². The van der Waals surface area contributed by atoms with Crippen LogP contribution in [0.4, 0.5) is 18.0 Å². The zero-order valence-electron chi connectivity index (χ0n) is 17.1. The summed E-state index contributed by atoms with van der Waals surface area (Å²) in [6.07, 6.45) is -0.0316. The van der Waals surface area contributed by atoms with E-state index in [1.807, 2.05) is 20.8 Å². The molecule has 0 fully saturated rings. The summed E-state index contributed by atoms with van der Waals surface area (Å²) in [5.74, 6) is -1.75. The minimum Gasteiger partial charge on any atom is -0.390 e. The lowest BCUT2D eigenvalue weighted by molar-refractivity contribution is 0.0578. The van der Waals surface area contributed by atoms with E-state index in [9.17, 15) is 18.0 Å². The fourth-order valence-electron chi connectivity index (χ4n) is 3.06. The minimum atomic E-state index is -0.723. The van der Waals surface area contributed by atoms with E-state index in [2.05, 4.69) is 10.5 Å². The van der Waals surface area contributed by atoms with Crippen LogP contribution in [-0.4, -0.2) is 34.8 Å². The van der Waals surface area contributed by atoms with E-state index in [1.165, 1.54) is 23.1 Å². The monoisotopic (exact) mass is 419 g/mol. The Hall–Kier alpha value is -3.03. The normalized spacial score (nSPS) is 16.1. The maximum Gasteiger partial charge on any atom is 0.318 e. The number of rotatable bonds is 5. The number of hydrogen-bond acceptors (Lipinski definition) is 3. The van der Waals surface area contributed by atoms with Crippen LogP contribution in [-0.2, 0) is 11.4 Å². The second-order valence-corrected chi connectivity index (χ2v) is 8.27. The molecular weight excluding hydrogens is 395 g/mol. The molecule has 0 radical (unpaired) electrons. The number of hydrogen-bond donors (Lipinski definition) is 1. The largest absolute Gasteiger partial charge is 0.390 e. The highest BCUT2D eigenvalue weighted by Gasteiger charge is 2.29. The molecule has 0 aromatic heterocycles. The zero-order chi connectivity index (χ0) is 21.9. The Morgan fingerprint density at radius 3 is 2.43 bits per heavy atom. The van der Waals surface area contributed by atoms with Crippen molar-refractivity contribution in [1.29, 1.82) is 0 Å². The summed E-state index contributed by atoms with van der Waals surface area (Å²) in [6.45, 7) is 5.60. The molecular formula is C22H24F3N3O2. The molecule has 1 aliphatic heterocycles. The van der Waals surface area contributed by atoms with Crippen molar-refractivity contribution in [2.75, 3.05) is 6.54 Å². The fourth-order valence-corrected chi connectivity index (χ4v) is 3.06. The molecule has 0 saturated carbocycles. The predicted octanol–water partition coefficient (Wildman–Crippen LogP) is 4.61. The Labute approximate surface area is 173 Å². The highest BCUT2D eigenvalue weighted by Crippen LogP contribution is 2.20. The first-order valence-electron chi connectivity index (χ1n) is 9.60. The van der Waals surface area contributed by atoms with Crippen molar-refractivity contribution in [1.82, 2.24) is 10.2 Å². The van der Waals surface area contributed by atoms with Crippen LogP contribution in [0.25, 0.3) is 0 Å². The Balaban J connectivity index is 1.72. The van der Waals surface area contributed by atoms with E-state index in [0.29, 0.717) is 12.1 Å². The molecule has 0 spiro atoms. The van der Waals surface area contributed by atoms with Gasteiger partial charge in [0.05, 0.1) is 18.8 Å². The van der Waals surface area contributed by atoms with Crippen molar-refractivity contribution >= 4 is 11.7 Å². The van der Waals surface area contributed by atoms with Gasteiger partial charge in [0, 0.05) is 23.6 Å². The highest BCUT2D eigenvalue weighted by molar-refractivity contribution is 6.01. The molecule has 0 bridgehead atoms. The number of nitrogens with zero attached hydrogens (tertiary/aromatic N) is 2. The molecule has 1 N–H and O–H groups in total. The van der Waals surface area contributed by atoms with Crippen LogP contribution in [0.3, 0.4) is 0 Å². The summed E-state index contributed by atoms with van der Waals surface area (Å²) < 4.78 is 40.5. The van der Waals surface area contributed by atoms with E-state index in [-0.39, 0.29) is 24.5 Å². The number of carbonyl (C=O) groups is 1. The van der Waals surface area contributed by atoms with E-state index in [1.54, 1.807) is 12.1 Å². The van der Waals surface area contributed by atoms with Crippen LogP contribution < -0.4 is 5.32 Å². The Kier molecular flexibility index (Phi) is 6.34. The van der Waals surface area contributed by atoms with Gasteiger partial charge >= 0.3 is 6.03 Å². The zero-order valence-corrected chi connectivity index (χ0v) is 17.1. The molecule has 5 nitrogen and oxygen atoms in total. The van der Waals surface area contributed by atoms with Gasteiger partial charge in [-0.25, -0.2) is 18.0 Å². The van der Waals surface area contributed by atoms with Gasteiger partial charge < -0.3 is 15.1 Å². The number of urea groups is 1. The van der Waals surface area contributed by atoms with Crippen molar-refractivity contribution < 1.29 is 22.8 Å². The first kappa shape index (κ1) is 21.7. The number of carbonyl (C=O) groups excluding carboxylic acids is 1. The summed E-state index contributed by atoms with van der Waals surface area (Å²) in [5.41, 5.74) is 1.07. The Morgan fingerprint density at radius 1 is 1.13 bits per heavy atom. The molecule has 8 heteroatoms. The fraction of sp³-hybridized carbons (Fsp3) is 0.364. The molecule has 0 unspecified atom stereocenters. The molecule has 2 aromatic carbocycles. The summed E-state index contributed by atoms with van der Waals surface area (Å²) in [4.78, 5) is 19.7. The van der Waals surface area contributed by atoms with Gasteiger partial charge in [-0.3, -0.25) is 0 Å². The minimum absolute atomic E-state index is 0.0558. The van der Waals surface area contributed by atoms with Crippen molar-refractivity contribution in [2.24, 2.45) is 5.16 Å². The van der Waals surface area contributed by atoms with Crippen molar-refractivity contribution in [3.05, 3.63) is 71.0 Å². The van der Waals surface area contributed by atoms with Gasteiger partial charge in [0.1, 0.15) is 17.5 Å². The smallest absolute Gasteiger partial charge is 0.318 e. The number of nitrogens with one attached hydrogen (secondary N) is 1. The summed E-state index contributed by atoms with van der Waals surface area (Å²) >= 11 is 0. The first-order valence-corrected chi connectivity index (χ1v) is 9.60. The number of halogens is 3. The average molecular weight is 419 g/mol. The SMILES string of the molecule is CC(C)(C)NC(=O)N(Cc1ccc(F)cc1F)C[C@H]1CC(c2ccc(F)cc2)=NO1. The van der Waals surface area contributed by atoms with Crippen molar-refractivity contribution in [3.8, 4) is 0 Å². The Morgan fingerprint density at radius 2 is 1.80 bits per heavy atom. The van der Waals surface area contributed by atoms with Crippen LogP contribution in [0.1, 0.15) is 38.3 Å². The first-order chi connectivity index (χ1) is 14.1. The predicted molar refractivity (Wildman–Crippen MR) is 107 cm³/mol. The van der Waals surface area contributed by atoms with Crippen LogP contribution in [0, 0.1) is 17.5 Å². The molecule has 1 aliphatic rings. The molecule has 160 valence electrons. The lowest BCUT2D eigenvalue weighted by atomic mass is 10.0. The standard InChI is InChI=1S/C22H24F3N3O2/c1-22(2,3)26-21(29)28(12-15-6-9-17(24)10-19(15)25)13-18-11-20(27-30-18)14-4-7-16(23)8-5-14/h4-10,18H,11-13H2,1-3H3,(H,26,29)/t18-/m1/s1. The topological polar surface area (TPSA) is 53.9 Å². The van der Waals surface area contributed by atoms with E-state index >= 15 is 0 Å².